The van der Waals surface area contributed by atoms with Crippen LogP contribution < -0.4 is 0 Å². The van der Waals surface area contributed by atoms with Gasteiger partial charge in [-0.2, -0.15) is 15.6 Å². The van der Waals surface area contributed by atoms with Crippen molar-refractivity contribution in [1.29, 1.82) is 0 Å². The fourth-order valence-electron chi connectivity index (χ4n) is 3.16. The normalized spacial score (nSPS) is 18.9. The quantitative estimate of drug-likeness (QED) is 0.673. The van der Waals surface area contributed by atoms with E-state index in [1.54, 1.807) is 23.5 Å². The second-order valence-corrected chi connectivity index (χ2v) is 9.07. The van der Waals surface area contributed by atoms with E-state index >= 15 is 0 Å². The number of thiophene rings is 1. The summed E-state index contributed by atoms with van der Waals surface area (Å²) in [6.45, 7) is 2.39. The minimum Gasteiger partial charge on any atom is -0.419 e. The third-order valence-corrected chi connectivity index (χ3v) is 7.18. The Morgan fingerprint density at radius 1 is 1.15 bits per heavy atom. The molecule has 4 rings (SSSR count). The molecule has 0 bridgehead atoms. The topological polar surface area (TPSA) is 76.3 Å². The molecule has 0 unspecified atom stereocenters. The van der Waals surface area contributed by atoms with E-state index in [1.165, 1.54) is 4.31 Å². The summed E-state index contributed by atoms with van der Waals surface area (Å²) in [5.74, 6) is 0.793. The van der Waals surface area contributed by atoms with Crippen LogP contribution in [0, 0.1) is 6.92 Å². The van der Waals surface area contributed by atoms with Crippen LogP contribution in [0.2, 0.25) is 0 Å². The standard InChI is InChI=1S/C18H19N3O3S2/c1-13-5-7-15(8-6-13)26(22,23)21-10-3-2-4-16(21)18-20-19-17(24-18)14-9-11-25-12-14/h5-9,11-12,16H,2-4,10H2,1H3/t16-/m1/s1. The van der Waals surface area contributed by atoms with Crippen molar-refractivity contribution in [2.24, 2.45) is 0 Å². The Balaban J connectivity index is 1.67. The van der Waals surface area contributed by atoms with Crippen LogP contribution in [-0.2, 0) is 10.0 Å². The lowest BCUT2D eigenvalue weighted by molar-refractivity contribution is 0.220. The van der Waals surface area contributed by atoms with Crippen molar-refractivity contribution in [2.45, 2.75) is 37.1 Å². The van der Waals surface area contributed by atoms with Gasteiger partial charge in [-0.25, -0.2) is 8.42 Å². The Kier molecular flexibility index (Phi) is 4.64. The molecule has 0 radical (unpaired) electrons. The Morgan fingerprint density at radius 2 is 1.96 bits per heavy atom. The molecule has 136 valence electrons. The molecule has 1 saturated heterocycles. The predicted molar refractivity (Wildman–Crippen MR) is 99.3 cm³/mol. The molecule has 1 aliphatic rings. The molecule has 8 heteroatoms. The first-order chi connectivity index (χ1) is 12.6. The number of aryl methyl sites for hydroxylation is 1. The van der Waals surface area contributed by atoms with Gasteiger partial charge in [0.05, 0.1) is 4.90 Å². The van der Waals surface area contributed by atoms with Gasteiger partial charge in [-0.15, -0.1) is 10.2 Å². The number of hydrogen-bond acceptors (Lipinski definition) is 6. The average molecular weight is 390 g/mol. The molecule has 3 aromatic rings. The van der Waals surface area contributed by atoms with Gasteiger partial charge < -0.3 is 4.42 Å². The maximum Gasteiger partial charge on any atom is 0.248 e. The van der Waals surface area contributed by atoms with E-state index in [2.05, 4.69) is 10.2 Å². The van der Waals surface area contributed by atoms with Crippen molar-refractivity contribution < 1.29 is 12.8 Å². The summed E-state index contributed by atoms with van der Waals surface area (Å²) in [6.07, 6.45) is 2.43. The van der Waals surface area contributed by atoms with E-state index in [1.807, 2.05) is 35.9 Å². The van der Waals surface area contributed by atoms with Gasteiger partial charge in [0, 0.05) is 17.5 Å². The van der Waals surface area contributed by atoms with Gasteiger partial charge in [-0.3, -0.25) is 0 Å². The summed E-state index contributed by atoms with van der Waals surface area (Å²) in [6, 6.07) is 8.42. The van der Waals surface area contributed by atoms with Crippen LogP contribution in [0.3, 0.4) is 0 Å². The van der Waals surface area contributed by atoms with Gasteiger partial charge in [-0.1, -0.05) is 24.1 Å². The zero-order valence-electron chi connectivity index (χ0n) is 14.3. The lowest BCUT2D eigenvalue weighted by Crippen LogP contribution is -2.38. The van der Waals surface area contributed by atoms with Crippen molar-refractivity contribution in [3.05, 3.63) is 52.5 Å². The number of piperidine rings is 1. The van der Waals surface area contributed by atoms with Crippen molar-refractivity contribution in [3.63, 3.8) is 0 Å². The highest BCUT2D eigenvalue weighted by molar-refractivity contribution is 7.89. The van der Waals surface area contributed by atoms with Crippen LogP contribution in [-0.4, -0.2) is 29.5 Å². The summed E-state index contributed by atoms with van der Waals surface area (Å²) in [5, 5.41) is 12.1. The highest BCUT2D eigenvalue weighted by atomic mass is 32.2. The molecule has 1 aliphatic heterocycles. The van der Waals surface area contributed by atoms with E-state index in [4.69, 9.17) is 4.42 Å². The number of benzene rings is 1. The van der Waals surface area contributed by atoms with Gasteiger partial charge in [-0.05, 0) is 43.3 Å². The molecule has 1 aromatic carbocycles. The molecule has 0 spiro atoms. The fraction of sp³-hybridized carbons (Fsp3) is 0.333. The second-order valence-electron chi connectivity index (χ2n) is 6.40. The Bertz CT molecular complexity index is 979. The van der Waals surface area contributed by atoms with Crippen molar-refractivity contribution in [2.75, 3.05) is 6.54 Å². The van der Waals surface area contributed by atoms with Gasteiger partial charge in [0.15, 0.2) is 0 Å². The Hall–Kier alpha value is -2.03. The smallest absolute Gasteiger partial charge is 0.248 e. The lowest BCUT2D eigenvalue weighted by atomic mass is 10.1. The number of hydrogen-bond donors (Lipinski definition) is 0. The minimum atomic E-state index is -3.61. The highest BCUT2D eigenvalue weighted by Gasteiger charge is 2.37. The second kappa shape index (κ2) is 6.94. The average Bonchev–Trinajstić information content (AvgIpc) is 3.34. The van der Waals surface area contributed by atoms with Crippen molar-refractivity contribution in [1.82, 2.24) is 14.5 Å². The van der Waals surface area contributed by atoms with E-state index in [-0.39, 0.29) is 0 Å². The van der Waals surface area contributed by atoms with Crippen LogP contribution in [0.15, 0.2) is 50.4 Å². The summed E-state index contributed by atoms with van der Waals surface area (Å²) in [5.41, 5.74) is 1.88. The summed E-state index contributed by atoms with van der Waals surface area (Å²) in [4.78, 5) is 0.299. The predicted octanol–water partition coefficient (Wildman–Crippen LogP) is 4.02. The van der Waals surface area contributed by atoms with E-state index < -0.39 is 16.1 Å². The molecule has 0 aliphatic carbocycles. The van der Waals surface area contributed by atoms with Crippen LogP contribution in [0.5, 0.6) is 0 Å². The summed E-state index contributed by atoms with van der Waals surface area (Å²) in [7, 11) is -3.61. The summed E-state index contributed by atoms with van der Waals surface area (Å²) >= 11 is 1.55. The highest BCUT2D eigenvalue weighted by Crippen LogP contribution is 2.36. The first kappa shape index (κ1) is 17.4. The van der Waals surface area contributed by atoms with E-state index in [9.17, 15) is 8.42 Å². The Morgan fingerprint density at radius 3 is 2.69 bits per heavy atom. The third kappa shape index (κ3) is 3.20. The molecule has 6 nitrogen and oxygen atoms in total. The van der Waals surface area contributed by atoms with Crippen molar-refractivity contribution in [3.8, 4) is 11.5 Å². The SMILES string of the molecule is Cc1ccc(S(=O)(=O)N2CCCC[C@@H]2c2nnc(-c3ccsc3)o2)cc1. The molecule has 0 N–H and O–H groups in total. The molecule has 3 heterocycles. The van der Waals surface area contributed by atoms with E-state index in [0.29, 0.717) is 29.6 Å². The molecule has 1 fully saturated rings. The fourth-order valence-corrected chi connectivity index (χ4v) is 5.44. The molecular weight excluding hydrogens is 370 g/mol. The molecule has 0 amide bonds. The Labute approximate surface area is 156 Å². The lowest BCUT2D eigenvalue weighted by Gasteiger charge is -2.32. The molecule has 1 atom stereocenters. The largest absolute Gasteiger partial charge is 0.419 e. The van der Waals surface area contributed by atoms with Gasteiger partial charge in [0.25, 0.3) is 0 Å². The molecule has 0 saturated carbocycles. The van der Waals surface area contributed by atoms with Crippen LogP contribution in [0.25, 0.3) is 11.5 Å². The van der Waals surface area contributed by atoms with Crippen LogP contribution >= 0.6 is 11.3 Å². The maximum atomic E-state index is 13.2. The van der Waals surface area contributed by atoms with Crippen LogP contribution in [0.4, 0.5) is 0 Å². The minimum absolute atomic E-state index is 0.299. The zero-order valence-corrected chi connectivity index (χ0v) is 16.0. The third-order valence-electron chi connectivity index (χ3n) is 4.58. The number of sulfonamides is 1. The number of nitrogens with zero attached hydrogens (tertiary/aromatic N) is 3. The molecular formula is C18H19N3O3S2. The molecule has 26 heavy (non-hydrogen) atoms. The first-order valence-corrected chi connectivity index (χ1v) is 10.9. The maximum absolute atomic E-state index is 13.2. The number of rotatable bonds is 4. The first-order valence-electron chi connectivity index (χ1n) is 8.50. The number of aromatic nitrogens is 2. The van der Waals surface area contributed by atoms with Gasteiger partial charge in [0.1, 0.15) is 6.04 Å². The van der Waals surface area contributed by atoms with E-state index in [0.717, 1.165) is 24.0 Å². The summed E-state index contributed by atoms with van der Waals surface area (Å²) < 4.78 is 33.6. The van der Waals surface area contributed by atoms with Crippen LogP contribution in [0.1, 0.15) is 36.8 Å². The van der Waals surface area contributed by atoms with Gasteiger partial charge in [0.2, 0.25) is 21.8 Å². The zero-order chi connectivity index (χ0) is 18.1. The monoisotopic (exact) mass is 389 g/mol. The molecule has 2 aromatic heterocycles. The van der Waals surface area contributed by atoms with Crippen molar-refractivity contribution >= 4 is 21.4 Å². The van der Waals surface area contributed by atoms with Gasteiger partial charge >= 0.3 is 0 Å².